The summed E-state index contributed by atoms with van der Waals surface area (Å²) in [6, 6.07) is 13.8. The standard InChI is InChI=1S/C18H15BrN2OS/c1-11-4-3-5-15(12(11)2)20-18-21-17(22)16(23-18)10-13-6-8-14(19)9-7-13/h3-10H,1-2H3,(H,20,21,22). The highest BCUT2D eigenvalue weighted by atomic mass is 79.9. The van der Waals surface area contributed by atoms with Gasteiger partial charge in [-0.1, -0.05) is 40.2 Å². The van der Waals surface area contributed by atoms with Gasteiger partial charge in [-0.2, -0.15) is 0 Å². The third kappa shape index (κ3) is 3.74. The van der Waals surface area contributed by atoms with E-state index in [9.17, 15) is 4.79 Å². The van der Waals surface area contributed by atoms with E-state index in [1.807, 2.05) is 49.4 Å². The first-order valence-corrected chi connectivity index (χ1v) is 8.75. The zero-order valence-corrected chi connectivity index (χ0v) is 15.2. The van der Waals surface area contributed by atoms with Crippen LogP contribution in [0.25, 0.3) is 6.08 Å². The molecule has 0 radical (unpaired) electrons. The summed E-state index contributed by atoms with van der Waals surface area (Å²) in [5, 5.41) is 3.44. The van der Waals surface area contributed by atoms with E-state index in [4.69, 9.17) is 0 Å². The molecule has 2 aromatic rings. The molecule has 0 unspecified atom stereocenters. The summed E-state index contributed by atoms with van der Waals surface area (Å²) >= 11 is 4.77. The van der Waals surface area contributed by atoms with Crippen LogP contribution in [0.1, 0.15) is 16.7 Å². The normalized spacial score (nSPS) is 17.8. The van der Waals surface area contributed by atoms with Gasteiger partial charge >= 0.3 is 0 Å². The van der Waals surface area contributed by atoms with Gasteiger partial charge in [-0.15, -0.1) is 0 Å². The predicted molar refractivity (Wildman–Crippen MR) is 101 cm³/mol. The number of nitrogens with zero attached hydrogens (tertiary/aromatic N) is 1. The van der Waals surface area contributed by atoms with Gasteiger partial charge in [0.25, 0.3) is 5.91 Å². The smallest absolute Gasteiger partial charge is 0.264 e. The van der Waals surface area contributed by atoms with E-state index in [-0.39, 0.29) is 5.91 Å². The Morgan fingerprint density at radius 1 is 1.13 bits per heavy atom. The molecule has 3 rings (SSSR count). The van der Waals surface area contributed by atoms with E-state index in [0.29, 0.717) is 10.1 Å². The molecule has 3 nitrogen and oxygen atoms in total. The van der Waals surface area contributed by atoms with Crippen LogP contribution < -0.4 is 5.32 Å². The van der Waals surface area contributed by atoms with Crippen LogP contribution in [-0.4, -0.2) is 11.1 Å². The SMILES string of the molecule is Cc1cccc(N=C2NC(=O)C(=Cc3ccc(Br)cc3)S2)c1C. The number of benzene rings is 2. The molecular weight excluding hydrogens is 372 g/mol. The number of amidine groups is 1. The van der Waals surface area contributed by atoms with Crippen molar-refractivity contribution in [3.05, 3.63) is 68.5 Å². The van der Waals surface area contributed by atoms with E-state index in [0.717, 1.165) is 21.3 Å². The van der Waals surface area contributed by atoms with Crippen molar-refractivity contribution >= 4 is 50.5 Å². The molecule has 1 saturated heterocycles. The summed E-state index contributed by atoms with van der Waals surface area (Å²) in [4.78, 5) is 17.3. The van der Waals surface area contributed by atoms with Gasteiger partial charge in [-0.25, -0.2) is 4.99 Å². The summed E-state index contributed by atoms with van der Waals surface area (Å²) in [6.07, 6.45) is 1.87. The lowest BCUT2D eigenvalue weighted by Gasteiger charge is -2.04. The lowest BCUT2D eigenvalue weighted by atomic mass is 10.1. The fourth-order valence-electron chi connectivity index (χ4n) is 2.16. The number of aryl methyl sites for hydroxylation is 1. The molecule has 0 bridgehead atoms. The van der Waals surface area contributed by atoms with Crippen molar-refractivity contribution in [2.75, 3.05) is 0 Å². The highest BCUT2D eigenvalue weighted by Gasteiger charge is 2.23. The summed E-state index contributed by atoms with van der Waals surface area (Å²) in [6.45, 7) is 4.09. The number of hydrogen-bond donors (Lipinski definition) is 1. The number of thioether (sulfide) groups is 1. The zero-order valence-electron chi connectivity index (χ0n) is 12.8. The number of halogens is 1. The highest BCUT2D eigenvalue weighted by molar-refractivity contribution is 9.10. The molecule has 1 amide bonds. The predicted octanol–water partition coefficient (Wildman–Crippen LogP) is 4.96. The number of carbonyl (C=O) groups is 1. The molecule has 1 aliphatic heterocycles. The molecule has 1 aliphatic rings. The summed E-state index contributed by atoms with van der Waals surface area (Å²) in [7, 11) is 0. The molecule has 0 atom stereocenters. The maximum Gasteiger partial charge on any atom is 0.264 e. The van der Waals surface area contributed by atoms with Crippen LogP contribution in [0, 0.1) is 13.8 Å². The molecule has 0 aliphatic carbocycles. The van der Waals surface area contributed by atoms with E-state index >= 15 is 0 Å². The van der Waals surface area contributed by atoms with Crippen LogP contribution >= 0.6 is 27.7 Å². The van der Waals surface area contributed by atoms with Crippen molar-refractivity contribution in [2.24, 2.45) is 4.99 Å². The second-order valence-electron chi connectivity index (χ2n) is 5.25. The number of hydrogen-bond acceptors (Lipinski definition) is 3. The molecule has 1 fully saturated rings. The molecule has 23 heavy (non-hydrogen) atoms. The average Bonchev–Trinajstić information content (AvgIpc) is 2.86. The minimum atomic E-state index is -0.109. The van der Waals surface area contributed by atoms with Gasteiger partial charge in [-0.05, 0) is 66.6 Å². The molecule has 2 aromatic carbocycles. The third-order valence-electron chi connectivity index (χ3n) is 3.62. The van der Waals surface area contributed by atoms with Crippen molar-refractivity contribution in [1.29, 1.82) is 0 Å². The van der Waals surface area contributed by atoms with Crippen LogP contribution in [0.5, 0.6) is 0 Å². The largest absolute Gasteiger partial charge is 0.300 e. The van der Waals surface area contributed by atoms with Gasteiger partial charge in [0.2, 0.25) is 0 Å². The van der Waals surface area contributed by atoms with E-state index in [1.165, 1.54) is 17.3 Å². The molecule has 0 spiro atoms. The number of rotatable bonds is 2. The van der Waals surface area contributed by atoms with Crippen molar-refractivity contribution in [2.45, 2.75) is 13.8 Å². The van der Waals surface area contributed by atoms with Gasteiger partial charge in [0.15, 0.2) is 5.17 Å². The Morgan fingerprint density at radius 3 is 2.61 bits per heavy atom. The molecule has 0 aromatic heterocycles. The Labute approximate surface area is 148 Å². The van der Waals surface area contributed by atoms with Crippen LogP contribution in [0.3, 0.4) is 0 Å². The molecule has 5 heteroatoms. The van der Waals surface area contributed by atoms with Gasteiger partial charge in [0, 0.05) is 4.47 Å². The van der Waals surface area contributed by atoms with Crippen LogP contribution in [0.4, 0.5) is 5.69 Å². The Balaban J connectivity index is 1.86. The number of nitrogens with one attached hydrogen (secondary N) is 1. The Kier molecular flexibility index (Phi) is 4.68. The average molecular weight is 387 g/mol. The molecule has 1 heterocycles. The summed E-state index contributed by atoms with van der Waals surface area (Å²) in [5.74, 6) is -0.109. The van der Waals surface area contributed by atoms with Gasteiger partial charge < -0.3 is 5.32 Å². The van der Waals surface area contributed by atoms with Gasteiger partial charge in [-0.3, -0.25) is 4.79 Å². The van der Waals surface area contributed by atoms with E-state index in [1.54, 1.807) is 0 Å². The second kappa shape index (κ2) is 6.72. The first-order chi connectivity index (χ1) is 11.0. The second-order valence-corrected chi connectivity index (χ2v) is 7.20. The van der Waals surface area contributed by atoms with Crippen molar-refractivity contribution in [3.63, 3.8) is 0 Å². The topological polar surface area (TPSA) is 41.5 Å². The van der Waals surface area contributed by atoms with Gasteiger partial charge in [0.05, 0.1) is 10.6 Å². The fraction of sp³-hybridized carbons (Fsp3) is 0.111. The van der Waals surface area contributed by atoms with Crippen molar-refractivity contribution in [1.82, 2.24) is 5.32 Å². The highest BCUT2D eigenvalue weighted by Crippen LogP contribution is 2.29. The van der Waals surface area contributed by atoms with E-state index in [2.05, 4.69) is 39.2 Å². The number of aliphatic imine (C=N–C) groups is 1. The number of amides is 1. The Hall–Kier alpha value is -1.85. The van der Waals surface area contributed by atoms with Crippen LogP contribution in [0.15, 0.2) is 56.8 Å². The zero-order chi connectivity index (χ0) is 16.4. The lowest BCUT2D eigenvalue weighted by molar-refractivity contribution is -0.115. The monoisotopic (exact) mass is 386 g/mol. The van der Waals surface area contributed by atoms with Gasteiger partial charge in [0.1, 0.15) is 0 Å². The number of carbonyl (C=O) groups excluding carboxylic acids is 1. The molecular formula is C18H15BrN2OS. The Morgan fingerprint density at radius 2 is 1.87 bits per heavy atom. The molecule has 0 saturated carbocycles. The Bertz CT molecular complexity index is 825. The minimum absolute atomic E-state index is 0.109. The molecule has 1 N–H and O–H groups in total. The fourth-order valence-corrected chi connectivity index (χ4v) is 3.26. The first kappa shape index (κ1) is 16.0. The molecule has 116 valence electrons. The van der Waals surface area contributed by atoms with Crippen LogP contribution in [-0.2, 0) is 4.79 Å². The first-order valence-electron chi connectivity index (χ1n) is 7.14. The summed E-state index contributed by atoms with van der Waals surface area (Å²) in [5.41, 5.74) is 4.18. The minimum Gasteiger partial charge on any atom is -0.300 e. The lowest BCUT2D eigenvalue weighted by Crippen LogP contribution is -2.19. The quantitative estimate of drug-likeness (QED) is 0.741. The summed E-state index contributed by atoms with van der Waals surface area (Å²) < 4.78 is 1.01. The van der Waals surface area contributed by atoms with Crippen LogP contribution in [0.2, 0.25) is 0 Å². The maximum absolute atomic E-state index is 12.1. The van der Waals surface area contributed by atoms with Crippen molar-refractivity contribution < 1.29 is 4.79 Å². The van der Waals surface area contributed by atoms with E-state index < -0.39 is 0 Å². The van der Waals surface area contributed by atoms with Crippen molar-refractivity contribution in [3.8, 4) is 0 Å². The third-order valence-corrected chi connectivity index (χ3v) is 5.06. The maximum atomic E-state index is 12.1.